The fourth-order valence-electron chi connectivity index (χ4n) is 2.53. The van der Waals surface area contributed by atoms with Gasteiger partial charge in [0.2, 0.25) is 5.91 Å². The van der Waals surface area contributed by atoms with Crippen LogP contribution in [0.5, 0.6) is 0 Å². The highest BCUT2D eigenvalue weighted by Gasteiger charge is 2.14. The van der Waals surface area contributed by atoms with E-state index in [1.54, 1.807) is 6.07 Å². The van der Waals surface area contributed by atoms with Crippen LogP contribution in [0.25, 0.3) is 10.9 Å². The van der Waals surface area contributed by atoms with Crippen molar-refractivity contribution in [1.29, 1.82) is 0 Å². The average molecular weight is 335 g/mol. The summed E-state index contributed by atoms with van der Waals surface area (Å²) in [6.07, 6.45) is 0.0585. The third kappa shape index (κ3) is 3.19. The van der Waals surface area contributed by atoms with Gasteiger partial charge in [0.25, 0.3) is 0 Å². The molecule has 0 saturated carbocycles. The second-order valence-corrected chi connectivity index (χ2v) is 5.67. The number of hydrogen-bond donors (Lipinski definition) is 2. The molecule has 6 heteroatoms. The summed E-state index contributed by atoms with van der Waals surface area (Å²) >= 11 is 5.89. The van der Waals surface area contributed by atoms with Crippen molar-refractivity contribution >= 4 is 34.1 Å². The van der Waals surface area contributed by atoms with E-state index in [2.05, 4.69) is 10.3 Å². The zero-order valence-corrected chi connectivity index (χ0v) is 13.0. The van der Waals surface area contributed by atoms with Gasteiger partial charge in [-0.2, -0.15) is 0 Å². The van der Waals surface area contributed by atoms with Crippen molar-refractivity contribution in [3.8, 4) is 0 Å². The number of benzene rings is 2. The maximum absolute atomic E-state index is 13.4. The van der Waals surface area contributed by atoms with Gasteiger partial charge in [0.05, 0.1) is 17.1 Å². The van der Waals surface area contributed by atoms with Crippen molar-refractivity contribution < 1.29 is 13.6 Å². The van der Waals surface area contributed by atoms with E-state index in [4.69, 9.17) is 11.6 Å². The van der Waals surface area contributed by atoms with E-state index >= 15 is 0 Å². The lowest BCUT2D eigenvalue weighted by molar-refractivity contribution is -0.115. The Hall–Kier alpha value is -2.40. The van der Waals surface area contributed by atoms with Gasteiger partial charge in [-0.1, -0.05) is 11.6 Å². The molecule has 1 amide bonds. The van der Waals surface area contributed by atoms with Crippen molar-refractivity contribution in [3.63, 3.8) is 0 Å². The summed E-state index contributed by atoms with van der Waals surface area (Å²) in [5.74, 6) is -1.15. The summed E-state index contributed by atoms with van der Waals surface area (Å²) in [5, 5.41) is 3.43. The molecule has 1 aromatic heterocycles. The van der Waals surface area contributed by atoms with Crippen molar-refractivity contribution in [3.05, 3.63) is 64.3 Å². The number of carbonyl (C=O) groups is 1. The first kappa shape index (κ1) is 15.5. The predicted octanol–water partition coefficient (Wildman–Crippen LogP) is 4.59. The van der Waals surface area contributed by atoms with E-state index in [-0.39, 0.29) is 23.2 Å². The summed E-state index contributed by atoms with van der Waals surface area (Å²) in [4.78, 5) is 15.3. The minimum atomic E-state index is -0.476. The SMILES string of the molecule is Cc1[nH]c2ccc(F)cc2c1CC(=O)Nc1ccc(F)cc1Cl. The van der Waals surface area contributed by atoms with Crippen LogP contribution in [0.4, 0.5) is 14.5 Å². The Labute approximate surface area is 136 Å². The van der Waals surface area contributed by atoms with Crippen LogP contribution < -0.4 is 5.32 Å². The van der Waals surface area contributed by atoms with Crippen LogP contribution in [0.15, 0.2) is 36.4 Å². The quantitative estimate of drug-likeness (QED) is 0.723. The number of amides is 1. The molecule has 118 valence electrons. The summed E-state index contributed by atoms with van der Waals surface area (Å²) in [7, 11) is 0. The number of aromatic amines is 1. The molecule has 3 rings (SSSR count). The van der Waals surface area contributed by atoms with Gasteiger partial charge in [-0.05, 0) is 48.9 Å². The highest BCUT2D eigenvalue weighted by molar-refractivity contribution is 6.33. The molecule has 3 aromatic rings. The standard InChI is InChI=1S/C17H13ClF2N2O/c1-9-12(13-6-10(19)2-4-15(13)21-9)8-17(23)22-16-5-3-11(20)7-14(16)18/h2-7,21H,8H2,1H3,(H,22,23). The number of fused-ring (bicyclic) bond motifs is 1. The summed E-state index contributed by atoms with van der Waals surface area (Å²) in [5.41, 5.74) is 2.62. The van der Waals surface area contributed by atoms with Crippen molar-refractivity contribution in [2.75, 3.05) is 5.32 Å². The molecule has 2 aromatic carbocycles. The normalized spacial score (nSPS) is 11.0. The Bertz CT molecular complexity index is 905. The summed E-state index contributed by atoms with van der Waals surface area (Å²) < 4.78 is 26.5. The molecule has 23 heavy (non-hydrogen) atoms. The molecule has 0 saturated heterocycles. The Balaban J connectivity index is 1.85. The maximum atomic E-state index is 13.4. The number of halogens is 3. The highest BCUT2D eigenvalue weighted by atomic mass is 35.5. The first-order valence-corrected chi connectivity index (χ1v) is 7.33. The van der Waals surface area contributed by atoms with Crippen LogP contribution in [0.2, 0.25) is 5.02 Å². The molecule has 0 atom stereocenters. The van der Waals surface area contributed by atoms with Gasteiger partial charge in [0.1, 0.15) is 11.6 Å². The van der Waals surface area contributed by atoms with Crippen molar-refractivity contribution in [1.82, 2.24) is 4.98 Å². The lowest BCUT2D eigenvalue weighted by Crippen LogP contribution is -2.15. The first-order valence-electron chi connectivity index (χ1n) is 6.95. The van der Waals surface area contributed by atoms with Gasteiger partial charge in [-0.25, -0.2) is 8.78 Å². The van der Waals surface area contributed by atoms with Gasteiger partial charge in [0, 0.05) is 16.6 Å². The first-order chi connectivity index (χ1) is 10.9. The number of anilines is 1. The summed E-state index contributed by atoms with van der Waals surface area (Å²) in [6, 6.07) is 8.14. The van der Waals surface area contributed by atoms with Gasteiger partial charge in [0.15, 0.2) is 0 Å². The Morgan fingerprint density at radius 1 is 1.17 bits per heavy atom. The molecule has 0 fully saturated rings. The lowest BCUT2D eigenvalue weighted by atomic mass is 10.1. The van der Waals surface area contributed by atoms with E-state index in [9.17, 15) is 13.6 Å². The molecule has 2 N–H and O–H groups in total. The van der Waals surface area contributed by atoms with Gasteiger partial charge >= 0.3 is 0 Å². The van der Waals surface area contributed by atoms with E-state index in [1.165, 1.54) is 24.3 Å². The van der Waals surface area contributed by atoms with Crippen molar-refractivity contribution in [2.45, 2.75) is 13.3 Å². The molecule has 0 aliphatic carbocycles. The van der Waals surface area contributed by atoms with Gasteiger partial charge in [-0.15, -0.1) is 0 Å². The van der Waals surface area contributed by atoms with Crippen molar-refractivity contribution in [2.24, 2.45) is 0 Å². The number of H-pyrrole nitrogens is 1. The highest BCUT2D eigenvalue weighted by Crippen LogP contribution is 2.25. The minimum absolute atomic E-state index is 0.0585. The monoisotopic (exact) mass is 334 g/mol. The summed E-state index contributed by atoms with van der Waals surface area (Å²) in [6.45, 7) is 1.82. The topological polar surface area (TPSA) is 44.9 Å². The van der Waals surface area contributed by atoms with Gasteiger partial charge in [-0.3, -0.25) is 4.79 Å². The third-order valence-corrected chi connectivity index (χ3v) is 3.94. The Morgan fingerprint density at radius 2 is 1.87 bits per heavy atom. The average Bonchev–Trinajstić information content (AvgIpc) is 2.78. The van der Waals surface area contributed by atoms with Crippen LogP contribution in [0, 0.1) is 18.6 Å². The van der Waals surface area contributed by atoms with Crippen LogP contribution >= 0.6 is 11.6 Å². The maximum Gasteiger partial charge on any atom is 0.228 e. The number of carbonyl (C=O) groups excluding carboxylic acids is 1. The van der Waals surface area contributed by atoms with Crippen LogP contribution in [0.3, 0.4) is 0 Å². The van der Waals surface area contributed by atoms with Crippen LogP contribution in [0.1, 0.15) is 11.3 Å². The smallest absolute Gasteiger partial charge is 0.228 e. The Morgan fingerprint density at radius 3 is 2.61 bits per heavy atom. The molecule has 1 heterocycles. The molecule has 0 aliphatic heterocycles. The van der Waals surface area contributed by atoms with E-state index in [0.29, 0.717) is 11.1 Å². The molecular weight excluding hydrogens is 322 g/mol. The number of aryl methyl sites for hydroxylation is 1. The van der Waals surface area contributed by atoms with E-state index in [0.717, 1.165) is 22.8 Å². The minimum Gasteiger partial charge on any atom is -0.358 e. The predicted molar refractivity (Wildman–Crippen MR) is 86.7 cm³/mol. The second-order valence-electron chi connectivity index (χ2n) is 5.27. The Kier molecular flexibility index (Phi) is 4.05. The van der Waals surface area contributed by atoms with Crippen LogP contribution in [-0.4, -0.2) is 10.9 Å². The molecule has 3 nitrogen and oxygen atoms in total. The molecule has 0 radical (unpaired) electrons. The number of hydrogen-bond acceptors (Lipinski definition) is 1. The molecule has 0 aliphatic rings. The third-order valence-electron chi connectivity index (χ3n) is 3.62. The fourth-order valence-corrected chi connectivity index (χ4v) is 2.74. The van der Waals surface area contributed by atoms with Gasteiger partial charge < -0.3 is 10.3 Å². The number of rotatable bonds is 3. The largest absolute Gasteiger partial charge is 0.358 e. The molecular formula is C17H13ClF2N2O. The fraction of sp³-hybridized carbons (Fsp3) is 0.118. The zero-order valence-electron chi connectivity index (χ0n) is 12.2. The van der Waals surface area contributed by atoms with E-state index in [1.807, 2.05) is 6.92 Å². The van der Waals surface area contributed by atoms with Crippen LogP contribution in [-0.2, 0) is 11.2 Å². The molecule has 0 bridgehead atoms. The second kappa shape index (κ2) is 6.01. The molecule has 0 spiro atoms. The van der Waals surface area contributed by atoms with E-state index < -0.39 is 5.82 Å². The number of nitrogens with one attached hydrogen (secondary N) is 2. The zero-order chi connectivity index (χ0) is 16.6. The number of aromatic nitrogens is 1. The molecule has 0 unspecified atom stereocenters. The lowest BCUT2D eigenvalue weighted by Gasteiger charge is -2.07.